The maximum atomic E-state index is 13.7. The molecule has 1 aliphatic heterocycles. The molecule has 0 amide bonds. The predicted octanol–water partition coefficient (Wildman–Crippen LogP) is 3.80. The molecule has 0 radical (unpaired) electrons. The first-order valence-electron chi connectivity index (χ1n) is 8.31. The third-order valence-electron chi connectivity index (χ3n) is 4.35. The summed E-state index contributed by atoms with van der Waals surface area (Å²) in [5.74, 6) is -0.977. The Morgan fingerprint density at radius 3 is 2.29 bits per heavy atom. The number of rotatable bonds is 5. The highest BCUT2D eigenvalue weighted by atomic mass is 19.1. The van der Waals surface area contributed by atoms with E-state index < -0.39 is 11.6 Å². The van der Waals surface area contributed by atoms with Crippen molar-refractivity contribution in [3.63, 3.8) is 0 Å². The van der Waals surface area contributed by atoms with Crippen molar-refractivity contribution >= 4 is 6.08 Å². The number of hydrogen-bond donors (Lipinski definition) is 0. The molecular formula is C20H22F2N2. The largest absolute Gasteiger partial charge is 0.297 e. The summed E-state index contributed by atoms with van der Waals surface area (Å²) in [6, 6.07) is 14.1. The molecule has 0 saturated carbocycles. The predicted molar refractivity (Wildman–Crippen MR) is 93.6 cm³/mol. The molecule has 0 N–H and O–H groups in total. The van der Waals surface area contributed by atoms with Crippen LogP contribution in [0.15, 0.2) is 54.6 Å². The molecule has 1 heterocycles. The zero-order valence-electron chi connectivity index (χ0n) is 13.7. The maximum absolute atomic E-state index is 13.7. The molecule has 0 atom stereocenters. The minimum Gasteiger partial charge on any atom is -0.297 e. The van der Waals surface area contributed by atoms with Crippen LogP contribution in [0.4, 0.5) is 8.78 Å². The van der Waals surface area contributed by atoms with E-state index in [2.05, 4.69) is 34.1 Å². The molecule has 1 aliphatic rings. The SMILES string of the molecule is Fc1ccc(CN2CCN(C/C=C/c3ccccc3)CC2)c(F)c1. The lowest BCUT2D eigenvalue weighted by Crippen LogP contribution is -2.45. The van der Waals surface area contributed by atoms with E-state index in [1.807, 2.05) is 18.2 Å². The van der Waals surface area contributed by atoms with E-state index in [1.165, 1.54) is 11.6 Å². The summed E-state index contributed by atoms with van der Waals surface area (Å²) in [6.45, 7) is 5.18. The van der Waals surface area contributed by atoms with Gasteiger partial charge in [-0.1, -0.05) is 48.6 Å². The standard InChI is InChI=1S/C20H22F2N2/c21-19-9-8-18(20(22)15-19)16-24-13-11-23(12-14-24)10-4-7-17-5-2-1-3-6-17/h1-9,15H,10-14,16H2/b7-4+. The van der Waals surface area contributed by atoms with E-state index in [0.717, 1.165) is 38.8 Å². The van der Waals surface area contributed by atoms with Gasteiger partial charge in [-0.2, -0.15) is 0 Å². The van der Waals surface area contributed by atoms with Gasteiger partial charge >= 0.3 is 0 Å². The Labute approximate surface area is 142 Å². The lowest BCUT2D eigenvalue weighted by Gasteiger charge is -2.34. The highest BCUT2D eigenvalue weighted by Crippen LogP contribution is 2.14. The van der Waals surface area contributed by atoms with E-state index in [0.29, 0.717) is 12.1 Å². The van der Waals surface area contributed by atoms with Gasteiger partial charge in [-0.3, -0.25) is 9.80 Å². The van der Waals surface area contributed by atoms with Gasteiger partial charge in [0.05, 0.1) is 0 Å². The fourth-order valence-corrected chi connectivity index (χ4v) is 2.92. The van der Waals surface area contributed by atoms with Gasteiger partial charge in [-0.05, 0) is 11.6 Å². The maximum Gasteiger partial charge on any atom is 0.130 e. The Bertz CT molecular complexity index is 677. The molecular weight excluding hydrogens is 306 g/mol. The molecule has 24 heavy (non-hydrogen) atoms. The zero-order valence-corrected chi connectivity index (χ0v) is 13.7. The highest BCUT2D eigenvalue weighted by Gasteiger charge is 2.17. The second-order valence-corrected chi connectivity index (χ2v) is 6.13. The second-order valence-electron chi connectivity index (χ2n) is 6.13. The summed E-state index contributed by atoms with van der Waals surface area (Å²) in [5.41, 5.74) is 1.77. The molecule has 2 aromatic carbocycles. The number of piperazine rings is 1. The summed E-state index contributed by atoms with van der Waals surface area (Å²) >= 11 is 0. The smallest absolute Gasteiger partial charge is 0.130 e. The number of hydrogen-bond acceptors (Lipinski definition) is 2. The molecule has 3 rings (SSSR count). The van der Waals surface area contributed by atoms with Crippen molar-refractivity contribution in [1.29, 1.82) is 0 Å². The van der Waals surface area contributed by atoms with E-state index in [4.69, 9.17) is 0 Å². The topological polar surface area (TPSA) is 6.48 Å². The van der Waals surface area contributed by atoms with Gasteiger partial charge in [0.15, 0.2) is 0 Å². The molecule has 0 aromatic heterocycles. The van der Waals surface area contributed by atoms with Crippen LogP contribution >= 0.6 is 0 Å². The first-order valence-corrected chi connectivity index (χ1v) is 8.31. The Balaban J connectivity index is 1.45. The van der Waals surface area contributed by atoms with E-state index in [1.54, 1.807) is 6.07 Å². The summed E-state index contributed by atoms with van der Waals surface area (Å²) in [5, 5.41) is 0. The fraction of sp³-hybridized carbons (Fsp3) is 0.300. The summed E-state index contributed by atoms with van der Waals surface area (Å²) in [7, 11) is 0. The minimum atomic E-state index is -0.522. The molecule has 0 aliphatic carbocycles. The zero-order chi connectivity index (χ0) is 16.8. The van der Waals surface area contributed by atoms with Crippen molar-refractivity contribution in [2.75, 3.05) is 32.7 Å². The van der Waals surface area contributed by atoms with Crippen LogP contribution in [-0.2, 0) is 6.54 Å². The van der Waals surface area contributed by atoms with Crippen molar-refractivity contribution in [2.24, 2.45) is 0 Å². The van der Waals surface area contributed by atoms with Crippen molar-refractivity contribution in [2.45, 2.75) is 6.54 Å². The van der Waals surface area contributed by atoms with Crippen LogP contribution < -0.4 is 0 Å². The van der Waals surface area contributed by atoms with Crippen LogP contribution in [0.3, 0.4) is 0 Å². The molecule has 2 aromatic rings. The molecule has 1 fully saturated rings. The first-order chi connectivity index (χ1) is 11.7. The average molecular weight is 328 g/mol. The van der Waals surface area contributed by atoms with Crippen molar-refractivity contribution in [3.05, 3.63) is 77.4 Å². The Morgan fingerprint density at radius 1 is 0.875 bits per heavy atom. The first kappa shape index (κ1) is 16.8. The van der Waals surface area contributed by atoms with E-state index in [-0.39, 0.29) is 0 Å². The second kappa shape index (κ2) is 8.18. The molecule has 0 bridgehead atoms. The molecule has 1 saturated heterocycles. The van der Waals surface area contributed by atoms with Gasteiger partial charge in [0, 0.05) is 50.9 Å². The quantitative estimate of drug-likeness (QED) is 0.824. The average Bonchev–Trinajstić information content (AvgIpc) is 2.60. The number of benzene rings is 2. The summed E-state index contributed by atoms with van der Waals surface area (Å²) in [4.78, 5) is 4.60. The van der Waals surface area contributed by atoms with E-state index in [9.17, 15) is 8.78 Å². The Kier molecular flexibility index (Phi) is 5.72. The highest BCUT2D eigenvalue weighted by molar-refractivity contribution is 5.48. The summed E-state index contributed by atoms with van der Waals surface area (Å²) in [6.07, 6.45) is 4.32. The fourth-order valence-electron chi connectivity index (χ4n) is 2.92. The number of nitrogens with zero attached hydrogens (tertiary/aromatic N) is 2. The van der Waals surface area contributed by atoms with Gasteiger partial charge in [0.2, 0.25) is 0 Å². The van der Waals surface area contributed by atoms with Gasteiger partial charge in [0.25, 0.3) is 0 Å². The van der Waals surface area contributed by atoms with Gasteiger partial charge in [-0.25, -0.2) is 8.78 Å². The summed E-state index contributed by atoms with van der Waals surface area (Å²) < 4.78 is 26.7. The molecule has 0 spiro atoms. The van der Waals surface area contributed by atoms with Crippen LogP contribution in [0.1, 0.15) is 11.1 Å². The Morgan fingerprint density at radius 2 is 1.58 bits per heavy atom. The molecule has 2 nitrogen and oxygen atoms in total. The van der Waals surface area contributed by atoms with Crippen LogP contribution in [0, 0.1) is 11.6 Å². The normalized spacial score (nSPS) is 16.8. The van der Waals surface area contributed by atoms with Crippen LogP contribution in [0.25, 0.3) is 6.08 Å². The lowest BCUT2D eigenvalue weighted by molar-refractivity contribution is 0.136. The van der Waals surface area contributed by atoms with Gasteiger partial charge in [0.1, 0.15) is 11.6 Å². The van der Waals surface area contributed by atoms with Crippen LogP contribution in [-0.4, -0.2) is 42.5 Å². The van der Waals surface area contributed by atoms with Gasteiger partial charge in [-0.15, -0.1) is 0 Å². The Hall–Kier alpha value is -2.04. The van der Waals surface area contributed by atoms with E-state index >= 15 is 0 Å². The number of halogens is 2. The molecule has 0 unspecified atom stereocenters. The monoisotopic (exact) mass is 328 g/mol. The van der Waals surface area contributed by atoms with Crippen molar-refractivity contribution in [3.8, 4) is 0 Å². The van der Waals surface area contributed by atoms with Crippen molar-refractivity contribution < 1.29 is 8.78 Å². The lowest BCUT2D eigenvalue weighted by atomic mass is 10.1. The van der Waals surface area contributed by atoms with Crippen LogP contribution in [0.5, 0.6) is 0 Å². The van der Waals surface area contributed by atoms with Crippen LogP contribution in [0.2, 0.25) is 0 Å². The molecule has 126 valence electrons. The van der Waals surface area contributed by atoms with Gasteiger partial charge < -0.3 is 0 Å². The molecule has 4 heteroatoms. The van der Waals surface area contributed by atoms with Crippen molar-refractivity contribution in [1.82, 2.24) is 9.80 Å². The minimum absolute atomic E-state index is 0.455. The third kappa shape index (κ3) is 4.73. The third-order valence-corrected chi connectivity index (χ3v) is 4.35.